The lowest BCUT2D eigenvalue weighted by Crippen LogP contribution is -2.41. The Morgan fingerprint density at radius 1 is 1.11 bits per heavy atom. The SMILES string of the molecule is CN=C(NCCNS(=O)(=O)c1cccc(Cl)c1)NCc1cccc(F)c1.I. The van der Waals surface area contributed by atoms with Crippen LogP contribution in [-0.4, -0.2) is 34.5 Å². The fourth-order valence-electron chi connectivity index (χ4n) is 2.14. The van der Waals surface area contributed by atoms with Crippen LogP contribution in [0.25, 0.3) is 0 Å². The maximum atomic E-state index is 13.2. The Labute approximate surface area is 180 Å². The Morgan fingerprint density at radius 3 is 2.52 bits per heavy atom. The zero-order valence-electron chi connectivity index (χ0n) is 14.6. The number of rotatable bonds is 7. The summed E-state index contributed by atoms with van der Waals surface area (Å²) >= 11 is 5.82. The minimum Gasteiger partial charge on any atom is -0.355 e. The molecule has 2 aromatic carbocycles. The molecule has 0 aromatic heterocycles. The van der Waals surface area contributed by atoms with Gasteiger partial charge in [0.25, 0.3) is 0 Å². The van der Waals surface area contributed by atoms with E-state index < -0.39 is 10.0 Å². The highest BCUT2D eigenvalue weighted by atomic mass is 127. The van der Waals surface area contributed by atoms with Gasteiger partial charge >= 0.3 is 0 Å². The second-order valence-electron chi connectivity index (χ2n) is 5.34. The number of hydrogen-bond donors (Lipinski definition) is 3. The fourth-order valence-corrected chi connectivity index (χ4v) is 3.47. The lowest BCUT2D eigenvalue weighted by molar-refractivity contribution is 0.580. The first kappa shape index (κ1) is 23.6. The second-order valence-corrected chi connectivity index (χ2v) is 7.54. The summed E-state index contributed by atoms with van der Waals surface area (Å²) in [6, 6.07) is 12.3. The number of nitrogens with zero attached hydrogens (tertiary/aromatic N) is 1. The van der Waals surface area contributed by atoms with Crippen LogP contribution in [0.2, 0.25) is 5.02 Å². The Hall–Kier alpha value is -1.43. The first-order valence-electron chi connectivity index (χ1n) is 7.85. The van der Waals surface area contributed by atoms with E-state index in [0.29, 0.717) is 24.1 Å². The topological polar surface area (TPSA) is 82.6 Å². The molecule has 2 aromatic rings. The Morgan fingerprint density at radius 2 is 1.85 bits per heavy atom. The number of sulfonamides is 1. The van der Waals surface area contributed by atoms with Crippen molar-refractivity contribution in [2.24, 2.45) is 4.99 Å². The van der Waals surface area contributed by atoms with Crippen molar-refractivity contribution in [3.8, 4) is 0 Å². The van der Waals surface area contributed by atoms with Crippen LogP contribution in [0.1, 0.15) is 5.56 Å². The van der Waals surface area contributed by atoms with Gasteiger partial charge in [0.15, 0.2) is 5.96 Å². The third-order valence-electron chi connectivity index (χ3n) is 3.39. The Bertz CT molecular complexity index is 881. The fraction of sp³-hybridized carbons (Fsp3) is 0.235. The van der Waals surface area contributed by atoms with Crippen LogP contribution in [0.15, 0.2) is 58.4 Å². The third-order valence-corrected chi connectivity index (χ3v) is 5.08. The van der Waals surface area contributed by atoms with Crippen LogP contribution in [0.4, 0.5) is 4.39 Å². The molecular formula is C17H21ClFIN4O2S. The minimum atomic E-state index is -3.62. The van der Waals surface area contributed by atoms with Crippen molar-refractivity contribution in [1.29, 1.82) is 0 Å². The molecule has 0 aliphatic rings. The van der Waals surface area contributed by atoms with E-state index >= 15 is 0 Å². The monoisotopic (exact) mass is 526 g/mol. The maximum Gasteiger partial charge on any atom is 0.240 e. The van der Waals surface area contributed by atoms with Crippen LogP contribution in [-0.2, 0) is 16.6 Å². The molecule has 0 unspecified atom stereocenters. The van der Waals surface area contributed by atoms with E-state index in [2.05, 4.69) is 20.3 Å². The summed E-state index contributed by atoms with van der Waals surface area (Å²) in [7, 11) is -2.03. The molecule has 0 amide bonds. The molecule has 0 aliphatic carbocycles. The van der Waals surface area contributed by atoms with Crippen LogP contribution >= 0.6 is 35.6 Å². The lowest BCUT2D eigenvalue weighted by atomic mass is 10.2. The van der Waals surface area contributed by atoms with Gasteiger partial charge in [-0.3, -0.25) is 4.99 Å². The number of nitrogens with one attached hydrogen (secondary N) is 3. The molecule has 3 N–H and O–H groups in total. The van der Waals surface area contributed by atoms with Gasteiger partial charge in [-0.2, -0.15) is 0 Å². The van der Waals surface area contributed by atoms with Gasteiger partial charge in [0.2, 0.25) is 10.0 Å². The van der Waals surface area contributed by atoms with Crippen LogP contribution in [0.3, 0.4) is 0 Å². The Balaban J connectivity index is 0.00000364. The number of benzene rings is 2. The Kier molecular flexibility index (Phi) is 9.99. The third kappa shape index (κ3) is 7.99. The molecule has 0 spiro atoms. The van der Waals surface area contributed by atoms with Crippen molar-refractivity contribution in [2.45, 2.75) is 11.4 Å². The van der Waals surface area contributed by atoms with Gasteiger partial charge in [-0.15, -0.1) is 24.0 Å². The molecule has 0 atom stereocenters. The molecule has 148 valence electrons. The summed E-state index contributed by atoms with van der Waals surface area (Å²) in [6.07, 6.45) is 0. The van der Waals surface area contributed by atoms with Gasteiger partial charge < -0.3 is 10.6 Å². The summed E-state index contributed by atoms with van der Waals surface area (Å²) in [4.78, 5) is 4.15. The highest BCUT2D eigenvalue weighted by Gasteiger charge is 2.13. The van der Waals surface area contributed by atoms with Crippen LogP contribution in [0.5, 0.6) is 0 Å². The van der Waals surface area contributed by atoms with Gasteiger partial charge in [-0.1, -0.05) is 29.8 Å². The number of guanidine groups is 1. The standard InChI is InChI=1S/C17H20ClFN4O2S.HI/c1-20-17(22-12-13-4-2-6-15(19)10-13)21-8-9-23-26(24,25)16-7-3-5-14(18)11-16;/h2-7,10-11,23H,8-9,12H2,1H3,(H2,20,21,22);1H. The molecule has 2 rings (SSSR count). The highest BCUT2D eigenvalue weighted by molar-refractivity contribution is 14.0. The van der Waals surface area contributed by atoms with Crippen molar-refractivity contribution in [3.05, 3.63) is 64.9 Å². The van der Waals surface area contributed by atoms with E-state index in [0.717, 1.165) is 5.56 Å². The second kappa shape index (κ2) is 11.4. The molecule has 0 saturated carbocycles. The van der Waals surface area contributed by atoms with E-state index in [1.165, 1.54) is 24.3 Å². The van der Waals surface area contributed by atoms with Gasteiger partial charge in [-0.25, -0.2) is 17.5 Å². The number of aliphatic imine (C=N–C) groups is 1. The van der Waals surface area contributed by atoms with Crippen molar-refractivity contribution >= 4 is 51.6 Å². The molecule has 0 radical (unpaired) electrons. The summed E-state index contributed by atoms with van der Waals surface area (Å²) in [6.45, 7) is 0.879. The molecule has 0 fully saturated rings. The summed E-state index contributed by atoms with van der Waals surface area (Å²) in [5.41, 5.74) is 0.773. The van der Waals surface area contributed by atoms with Gasteiger partial charge in [-0.05, 0) is 35.9 Å². The molecule has 0 heterocycles. The first-order valence-corrected chi connectivity index (χ1v) is 9.71. The van der Waals surface area contributed by atoms with Gasteiger partial charge in [0.05, 0.1) is 4.90 Å². The minimum absolute atomic E-state index is 0. The van der Waals surface area contributed by atoms with E-state index in [4.69, 9.17) is 11.6 Å². The summed E-state index contributed by atoms with van der Waals surface area (Å²) < 4.78 is 40.0. The van der Waals surface area contributed by atoms with Crippen molar-refractivity contribution in [3.63, 3.8) is 0 Å². The molecule has 0 saturated heterocycles. The largest absolute Gasteiger partial charge is 0.355 e. The zero-order valence-corrected chi connectivity index (χ0v) is 18.5. The van der Waals surface area contributed by atoms with E-state index in [-0.39, 0.29) is 41.2 Å². The lowest BCUT2D eigenvalue weighted by Gasteiger charge is -2.12. The van der Waals surface area contributed by atoms with Crippen molar-refractivity contribution in [2.75, 3.05) is 20.1 Å². The molecule has 6 nitrogen and oxygen atoms in total. The predicted molar refractivity (Wildman–Crippen MR) is 117 cm³/mol. The number of halogens is 3. The first-order chi connectivity index (χ1) is 12.4. The average molecular weight is 527 g/mol. The molecule has 0 bridgehead atoms. The van der Waals surface area contributed by atoms with Gasteiger partial charge in [0.1, 0.15) is 5.82 Å². The highest BCUT2D eigenvalue weighted by Crippen LogP contribution is 2.14. The quantitative estimate of drug-likeness (QED) is 0.224. The van der Waals surface area contributed by atoms with Crippen molar-refractivity contribution in [1.82, 2.24) is 15.4 Å². The number of hydrogen-bond acceptors (Lipinski definition) is 3. The van der Waals surface area contributed by atoms with Crippen LogP contribution in [0, 0.1) is 5.82 Å². The maximum absolute atomic E-state index is 13.2. The molecular weight excluding hydrogens is 506 g/mol. The summed E-state index contributed by atoms with van der Waals surface area (Å²) in [5.74, 6) is 0.180. The average Bonchev–Trinajstić information content (AvgIpc) is 2.61. The smallest absolute Gasteiger partial charge is 0.240 e. The summed E-state index contributed by atoms with van der Waals surface area (Å²) in [5, 5.41) is 6.36. The van der Waals surface area contributed by atoms with Crippen LogP contribution < -0.4 is 15.4 Å². The van der Waals surface area contributed by atoms with Gasteiger partial charge in [0, 0.05) is 31.7 Å². The van der Waals surface area contributed by atoms with E-state index in [9.17, 15) is 12.8 Å². The zero-order chi connectivity index (χ0) is 19.0. The van der Waals surface area contributed by atoms with Crippen molar-refractivity contribution < 1.29 is 12.8 Å². The molecule has 10 heteroatoms. The van der Waals surface area contributed by atoms with E-state index in [1.54, 1.807) is 31.3 Å². The predicted octanol–water partition coefficient (Wildman–Crippen LogP) is 2.74. The van der Waals surface area contributed by atoms with E-state index in [1.807, 2.05) is 0 Å². The molecule has 27 heavy (non-hydrogen) atoms. The normalized spacial score (nSPS) is 11.6. The molecule has 0 aliphatic heterocycles.